The van der Waals surface area contributed by atoms with Gasteiger partial charge < -0.3 is 14.8 Å². The summed E-state index contributed by atoms with van der Waals surface area (Å²) in [4.78, 5) is 24.6. The number of benzene rings is 1. The number of ether oxygens (including phenoxy) is 2. The van der Waals surface area contributed by atoms with Gasteiger partial charge in [0.25, 0.3) is 11.6 Å². The van der Waals surface area contributed by atoms with Crippen molar-refractivity contribution in [2.75, 3.05) is 38.2 Å². The second kappa shape index (κ2) is 6.29. The molecule has 1 atom stereocenters. The lowest BCUT2D eigenvalue weighted by atomic mass is 10.1. The van der Waals surface area contributed by atoms with Crippen molar-refractivity contribution in [1.82, 2.24) is 4.90 Å². The first-order chi connectivity index (χ1) is 10.6. The molecular weight excluding hydrogens is 290 g/mol. The number of fused-ring (bicyclic) bond motifs is 1. The maximum absolute atomic E-state index is 12.0. The third-order valence-electron chi connectivity index (χ3n) is 3.81. The number of nitro benzene ring substituents is 1. The van der Waals surface area contributed by atoms with E-state index >= 15 is 0 Å². The number of anilines is 1. The highest BCUT2D eigenvalue weighted by Gasteiger charge is 2.29. The molecule has 0 radical (unpaired) electrons. The van der Waals surface area contributed by atoms with Gasteiger partial charge in [0.15, 0.2) is 11.9 Å². The monoisotopic (exact) mass is 307 g/mol. The standard InChI is InChI=1S/C14H17N3O5/c18-14-12(3-4-16-5-7-21-8-6-16)22-13-9-10(17(19)20)1-2-11(13)15-14/h1-2,9,12H,3-8H2,(H,15,18)/t12-/m1/s1. The lowest BCUT2D eigenvalue weighted by molar-refractivity contribution is -0.384. The van der Waals surface area contributed by atoms with Gasteiger partial charge in [0, 0.05) is 32.1 Å². The summed E-state index contributed by atoms with van der Waals surface area (Å²) in [7, 11) is 0. The van der Waals surface area contributed by atoms with Crippen LogP contribution in [0.5, 0.6) is 5.75 Å². The number of nitrogens with zero attached hydrogens (tertiary/aromatic N) is 2. The second-order valence-corrected chi connectivity index (χ2v) is 5.28. The molecule has 1 saturated heterocycles. The summed E-state index contributed by atoms with van der Waals surface area (Å²) in [5.74, 6) is 0.135. The van der Waals surface area contributed by atoms with Crippen molar-refractivity contribution in [3.8, 4) is 5.75 Å². The van der Waals surface area contributed by atoms with Crippen LogP contribution >= 0.6 is 0 Å². The summed E-state index contributed by atoms with van der Waals surface area (Å²) in [6, 6.07) is 4.18. The smallest absolute Gasteiger partial charge is 0.273 e. The molecule has 22 heavy (non-hydrogen) atoms. The molecule has 0 saturated carbocycles. The number of nitro groups is 1. The van der Waals surface area contributed by atoms with E-state index in [-0.39, 0.29) is 11.6 Å². The van der Waals surface area contributed by atoms with Gasteiger partial charge in [0.05, 0.1) is 29.9 Å². The van der Waals surface area contributed by atoms with E-state index in [0.29, 0.717) is 31.1 Å². The minimum absolute atomic E-state index is 0.0539. The molecular formula is C14H17N3O5. The van der Waals surface area contributed by atoms with Crippen LogP contribution in [-0.2, 0) is 9.53 Å². The Bertz CT molecular complexity index is 586. The number of hydrogen-bond donors (Lipinski definition) is 1. The van der Waals surface area contributed by atoms with Crippen LogP contribution in [0.15, 0.2) is 18.2 Å². The second-order valence-electron chi connectivity index (χ2n) is 5.28. The molecule has 0 aromatic heterocycles. The van der Waals surface area contributed by atoms with Crippen LogP contribution in [0.25, 0.3) is 0 Å². The van der Waals surface area contributed by atoms with E-state index in [1.54, 1.807) is 0 Å². The molecule has 0 bridgehead atoms. The molecule has 2 aliphatic heterocycles. The summed E-state index contributed by atoms with van der Waals surface area (Å²) in [5, 5.41) is 13.5. The quantitative estimate of drug-likeness (QED) is 0.659. The third-order valence-corrected chi connectivity index (χ3v) is 3.81. The molecule has 2 aliphatic rings. The molecule has 8 heteroatoms. The number of carbonyl (C=O) groups is 1. The fraction of sp³-hybridized carbons (Fsp3) is 0.500. The minimum Gasteiger partial charge on any atom is -0.478 e. The SMILES string of the molecule is O=C1Nc2ccc([N+](=O)[O-])cc2O[C@@H]1CCN1CCOCC1. The van der Waals surface area contributed by atoms with Gasteiger partial charge in [-0.2, -0.15) is 0 Å². The van der Waals surface area contributed by atoms with Crippen molar-refractivity contribution in [2.45, 2.75) is 12.5 Å². The zero-order valence-electron chi connectivity index (χ0n) is 12.0. The maximum atomic E-state index is 12.0. The first kappa shape index (κ1) is 14.7. The number of rotatable bonds is 4. The van der Waals surface area contributed by atoms with Crippen LogP contribution < -0.4 is 10.1 Å². The molecule has 1 N–H and O–H groups in total. The van der Waals surface area contributed by atoms with Crippen molar-refractivity contribution in [3.63, 3.8) is 0 Å². The summed E-state index contributed by atoms with van der Waals surface area (Å²) < 4.78 is 10.9. The summed E-state index contributed by atoms with van der Waals surface area (Å²) in [6.45, 7) is 3.82. The van der Waals surface area contributed by atoms with Gasteiger partial charge >= 0.3 is 0 Å². The van der Waals surface area contributed by atoms with Gasteiger partial charge in [-0.05, 0) is 6.07 Å². The van der Waals surface area contributed by atoms with Gasteiger partial charge in [0.1, 0.15) is 0 Å². The summed E-state index contributed by atoms with van der Waals surface area (Å²) in [5.41, 5.74) is 0.417. The number of carbonyl (C=O) groups excluding carboxylic acids is 1. The van der Waals surface area contributed by atoms with Gasteiger partial charge in [-0.25, -0.2) is 0 Å². The van der Waals surface area contributed by atoms with Crippen LogP contribution in [0.1, 0.15) is 6.42 Å². The lowest BCUT2D eigenvalue weighted by Gasteiger charge is -2.30. The number of hydrogen-bond acceptors (Lipinski definition) is 6. The highest BCUT2D eigenvalue weighted by molar-refractivity contribution is 5.97. The highest BCUT2D eigenvalue weighted by atomic mass is 16.6. The van der Waals surface area contributed by atoms with E-state index in [9.17, 15) is 14.9 Å². The molecule has 1 aromatic rings. The first-order valence-corrected chi connectivity index (χ1v) is 7.19. The Balaban J connectivity index is 1.65. The fourth-order valence-corrected chi connectivity index (χ4v) is 2.56. The van der Waals surface area contributed by atoms with E-state index in [4.69, 9.17) is 9.47 Å². The van der Waals surface area contributed by atoms with Gasteiger partial charge in [0.2, 0.25) is 0 Å². The summed E-state index contributed by atoms with van der Waals surface area (Å²) >= 11 is 0. The molecule has 3 rings (SSSR count). The zero-order valence-corrected chi connectivity index (χ0v) is 12.0. The Morgan fingerprint density at radius 1 is 1.36 bits per heavy atom. The Morgan fingerprint density at radius 2 is 2.14 bits per heavy atom. The molecule has 1 aromatic carbocycles. The Kier molecular flexibility index (Phi) is 4.21. The number of nitrogens with one attached hydrogen (secondary N) is 1. The van der Waals surface area contributed by atoms with Crippen LogP contribution in [0.4, 0.5) is 11.4 Å². The molecule has 2 heterocycles. The molecule has 1 fully saturated rings. The number of morpholine rings is 1. The normalized spacial score (nSPS) is 21.6. The van der Waals surface area contributed by atoms with E-state index in [1.165, 1.54) is 18.2 Å². The molecule has 8 nitrogen and oxygen atoms in total. The van der Waals surface area contributed by atoms with Crippen molar-refractivity contribution in [1.29, 1.82) is 0 Å². The van der Waals surface area contributed by atoms with Crippen molar-refractivity contribution in [3.05, 3.63) is 28.3 Å². The number of amides is 1. The van der Waals surface area contributed by atoms with E-state index < -0.39 is 11.0 Å². The average Bonchev–Trinajstić information content (AvgIpc) is 2.53. The molecule has 1 amide bonds. The lowest BCUT2D eigenvalue weighted by Crippen LogP contribution is -2.42. The van der Waals surface area contributed by atoms with Crippen molar-refractivity contribution >= 4 is 17.3 Å². The van der Waals surface area contributed by atoms with Gasteiger partial charge in [-0.3, -0.25) is 19.8 Å². The molecule has 0 aliphatic carbocycles. The molecule has 118 valence electrons. The molecule has 0 spiro atoms. The van der Waals surface area contributed by atoms with Crippen LogP contribution in [0.3, 0.4) is 0 Å². The van der Waals surface area contributed by atoms with Crippen LogP contribution in [0.2, 0.25) is 0 Å². The van der Waals surface area contributed by atoms with Crippen molar-refractivity contribution in [2.24, 2.45) is 0 Å². The Morgan fingerprint density at radius 3 is 2.86 bits per heavy atom. The topological polar surface area (TPSA) is 93.9 Å². The first-order valence-electron chi connectivity index (χ1n) is 7.19. The zero-order chi connectivity index (χ0) is 15.5. The number of non-ortho nitro benzene ring substituents is 1. The van der Waals surface area contributed by atoms with E-state index in [1.807, 2.05) is 0 Å². The van der Waals surface area contributed by atoms with Crippen molar-refractivity contribution < 1.29 is 19.2 Å². The van der Waals surface area contributed by atoms with E-state index in [2.05, 4.69) is 10.2 Å². The van der Waals surface area contributed by atoms with Gasteiger partial charge in [-0.15, -0.1) is 0 Å². The Hall–Kier alpha value is -2.19. The maximum Gasteiger partial charge on any atom is 0.273 e. The predicted octanol–water partition coefficient (Wildman–Crippen LogP) is 1.02. The van der Waals surface area contributed by atoms with Crippen LogP contribution in [-0.4, -0.2) is 54.7 Å². The third kappa shape index (κ3) is 3.18. The highest BCUT2D eigenvalue weighted by Crippen LogP contribution is 2.33. The average molecular weight is 307 g/mol. The minimum atomic E-state index is -0.627. The predicted molar refractivity (Wildman–Crippen MR) is 78.0 cm³/mol. The Labute approximate surface area is 127 Å². The van der Waals surface area contributed by atoms with E-state index in [0.717, 1.165) is 19.6 Å². The van der Waals surface area contributed by atoms with Crippen LogP contribution in [0, 0.1) is 10.1 Å². The fourth-order valence-electron chi connectivity index (χ4n) is 2.56. The summed E-state index contributed by atoms with van der Waals surface area (Å²) in [6.07, 6.45) is -0.0918. The van der Waals surface area contributed by atoms with Gasteiger partial charge in [-0.1, -0.05) is 0 Å². The molecule has 0 unspecified atom stereocenters. The largest absolute Gasteiger partial charge is 0.478 e.